The van der Waals surface area contributed by atoms with Crippen LogP contribution in [0.1, 0.15) is 26.7 Å². The molecule has 19 heteroatoms. The Hall–Kier alpha value is -4.17. The first-order valence-electron chi connectivity index (χ1n) is 16.8. The van der Waals surface area contributed by atoms with Crippen molar-refractivity contribution in [3.8, 4) is 0 Å². The number of rotatable bonds is 20. The third kappa shape index (κ3) is 15.6. The topological polar surface area (TPSA) is 267 Å². The maximum atomic E-state index is 13.1. The van der Waals surface area contributed by atoms with Crippen LogP contribution in [-0.2, 0) is 24.0 Å². The van der Waals surface area contributed by atoms with Gasteiger partial charge in [-0.3, -0.25) is 53.2 Å². The second-order valence-corrected chi connectivity index (χ2v) is 12.7. The minimum absolute atomic E-state index is 0.0750. The van der Waals surface area contributed by atoms with Crippen molar-refractivity contribution in [1.82, 2.24) is 30.2 Å². The first-order chi connectivity index (χ1) is 23.7. The highest BCUT2D eigenvalue weighted by Gasteiger charge is 2.24. The quantitative estimate of drug-likeness (QED) is 0.0483. The summed E-state index contributed by atoms with van der Waals surface area (Å²) in [4.78, 5) is 90.9. The molecule has 1 heterocycles. The third-order valence-corrected chi connectivity index (χ3v) is 8.16. The molecule has 0 aromatic heterocycles. The molecule has 1 aliphatic heterocycles. The van der Waals surface area contributed by atoms with Crippen LogP contribution in [0.25, 0.3) is 0 Å². The fourth-order valence-corrected chi connectivity index (χ4v) is 5.41. The number of carbonyl (C=O) groups excluding carboxylic acids is 2. The molecule has 282 valence electrons. The molecule has 2 amide bonds. The van der Waals surface area contributed by atoms with Gasteiger partial charge in [0.05, 0.1) is 26.2 Å². The van der Waals surface area contributed by atoms with Crippen molar-refractivity contribution in [2.45, 2.75) is 32.7 Å². The first-order valence-corrected chi connectivity index (χ1v) is 16.8. The lowest BCUT2D eigenvalue weighted by atomic mass is 10.1. The van der Waals surface area contributed by atoms with Crippen molar-refractivity contribution in [3.05, 3.63) is 20.4 Å². The molecule has 9 N–H and O–H groups in total. The lowest BCUT2D eigenvalue weighted by Gasteiger charge is -2.33. The molecule has 1 aromatic rings. The van der Waals surface area contributed by atoms with Crippen LogP contribution in [0.3, 0.4) is 0 Å². The minimum Gasteiger partial charge on any atom is -0.480 e. The van der Waals surface area contributed by atoms with Crippen molar-refractivity contribution < 1.29 is 39.3 Å². The lowest BCUT2D eigenvalue weighted by molar-refractivity contribution is -0.140. The van der Waals surface area contributed by atoms with Gasteiger partial charge in [-0.2, -0.15) is 0 Å². The number of carboxylic acid groups (broad SMARTS) is 3. The van der Waals surface area contributed by atoms with Gasteiger partial charge in [-0.25, -0.2) is 0 Å². The molecule has 1 fully saturated rings. The highest BCUT2D eigenvalue weighted by Crippen LogP contribution is 2.14. The van der Waals surface area contributed by atoms with Gasteiger partial charge < -0.3 is 42.3 Å². The third-order valence-electron chi connectivity index (χ3n) is 8.16. The Morgan fingerprint density at radius 2 is 1.06 bits per heavy atom. The Kier molecular flexibility index (Phi) is 18.3. The highest BCUT2D eigenvalue weighted by atomic mass is 16.4. The second-order valence-electron chi connectivity index (χ2n) is 12.7. The summed E-state index contributed by atoms with van der Waals surface area (Å²) < 4.78 is 0. The Morgan fingerprint density at radius 1 is 0.660 bits per heavy atom. The lowest BCUT2D eigenvalue weighted by Crippen LogP contribution is -2.54. The number of carboxylic acids is 3. The number of amides is 2. The number of carbonyl (C=O) groups is 5. The molecule has 0 saturated carbocycles. The van der Waals surface area contributed by atoms with Crippen LogP contribution in [0.4, 0.5) is 11.4 Å². The normalized spacial score (nSPS) is 16.6. The van der Waals surface area contributed by atoms with Crippen molar-refractivity contribution >= 4 is 41.1 Å². The zero-order chi connectivity index (χ0) is 37.2. The van der Waals surface area contributed by atoms with Crippen molar-refractivity contribution in [2.75, 3.05) is 115 Å². The van der Waals surface area contributed by atoms with Crippen molar-refractivity contribution in [3.63, 3.8) is 0 Å². The van der Waals surface area contributed by atoms with Gasteiger partial charge in [0.1, 0.15) is 17.4 Å². The number of nitrogens with two attached hydrogens (primary N) is 1. The van der Waals surface area contributed by atoms with Crippen LogP contribution >= 0.6 is 0 Å². The van der Waals surface area contributed by atoms with Gasteiger partial charge in [0.2, 0.25) is 11.8 Å². The molecule has 0 aliphatic carbocycles. The minimum atomic E-state index is -1.08. The maximum absolute atomic E-state index is 13.1. The van der Waals surface area contributed by atoms with E-state index in [1.54, 1.807) is 19.6 Å². The van der Waals surface area contributed by atoms with E-state index in [0.29, 0.717) is 12.5 Å². The summed E-state index contributed by atoms with van der Waals surface area (Å²) >= 11 is 0. The smallest absolute Gasteiger partial charge is 0.317 e. The molecule has 0 radical (unpaired) electrons. The van der Waals surface area contributed by atoms with Gasteiger partial charge in [0.25, 0.3) is 10.9 Å². The summed E-state index contributed by atoms with van der Waals surface area (Å²) in [6.45, 7) is 5.58. The Balaban J connectivity index is 1.96. The fourth-order valence-electron chi connectivity index (χ4n) is 5.41. The predicted molar refractivity (Wildman–Crippen MR) is 185 cm³/mol. The van der Waals surface area contributed by atoms with E-state index in [-0.39, 0.29) is 110 Å². The van der Waals surface area contributed by atoms with Crippen LogP contribution in [0.15, 0.2) is 9.59 Å². The average molecular weight is 712 g/mol. The zero-order valence-corrected chi connectivity index (χ0v) is 28.9. The molecule has 50 heavy (non-hydrogen) atoms. The predicted octanol–water partition coefficient (Wildman–Crippen LogP) is -3.42. The van der Waals surface area contributed by atoms with Gasteiger partial charge in [0.15, 0.2) is 0 Å². The van der Waals surface area contributed by atoms with Crippen LogP contribution in [0, 0.1) is 5.92 Å². The molecule has 1 atom stereocenters. The number of anilines is 2. The average Bonchev–Trinajstić information content (AvgIpc) is 3.04. The molecule has 1 saturated heterocycles. The number of aliphatic carboxylic acids is 3. The van der Waals surface area contributed by atoms with Crippen LogP contribution in [0.2, 0.25) is 0 Å². The molecule has 19 nitrogen and oxygen atoms in total. The van der Waals surface area contributed by atoms with Gasteiger partial charge >= 0.3 is 17.9 Å². The van der Waals surface area contributed by atoms with Gasteiger partial charge in [0, 0.05) is 78.5 Å². The molecular weight excluding hydrogens is 658 g/mol. The molecule has 2 rings (SSSR count). The van der Waals surface area contributed by atoms with E-state index in [4.69, 9.17) is 5.73 Å². The summed E-state index contributed by atoms with van der Waals surface area (Å²) in [6.07, 6.45) is 1.82. The van der Waals surface area contributed by atoms with E-state index < -0.39 is 46.6 Å². The van der Waals surface area contributed by atoms with Crippen molar-refractivity contribution in [2.24, 2.45) is 11.7 Å². The Bertz CT molecular complexity index is 1320. The highest BCUT2D eigenvalue weighted by molar-refractivity contribution is 5.88. The number of nitrogens with one attached hydrogen (secondary N) is 4. The molecule has 0 spiro atoms. The van der Waals surface area contributed by atoms with Gasteiger partial charge in [-0.15, -0.1) is 0 Å². The number of nitrogens with zero attached hydrogens (tertiary/aromatic N) is 4. The molecular formula is C31H53N9O10. The standard InChI is InChI=1S/C31H53N9O10/c1-21(2)4-3-5-33-27-28(30(49)29(27)48)34-6-7-35-31(50)22(16-32)36-23(41)17-37-8-10-38(18-24(42)43)12-14-40(20-26(46)47)15-13-39(11-9-37)19-25(44)45/h21-22,33-34H,3-20,32H2,1-2H3,(H,35,50)(H,36,41)(H,42,43)(H,44,45)(H,46,47)/t22-/m1/s1. The van der Waals surface area contributed by atoms with E-state index in [1.807, 2.05) is 0 Å². The number of hydrogen-bond acceptors (Lipinski definition) is 14. The van der Waals surface area contributed by atoms with E-state index >= 15 is 0 Å². The molecule has 1 aliphatic rings. The van der Waals surface area contributed by atoms with E-state index in [9.17, 15) is 48.9 Å². The Labute approximate surface area is 290 Å². The molecule has 1 aromatic carbocycles. The molecule has 0 bridgehead atoms. The van der Waals surface area contributed by atoms with Gasteiger partial charge in [-0.05, 0) is 18.8 Å². The number of hydrogen-bond donors (Lipinski definition) is 8. The fraction of sp³-hybridized carbons (Fsp3) is 0.710. The van der Waals surface area contributed by atoms with Crippen molar-refractivity contribution in [1.29, 1.82) is 0 Å². The first kappa shape index (κ1) is 42.0. The summed E-state index contributed by atoms with van der Waals surface area (Å²) in [5, 5.41) is 39.2. The Morgan fingerprint density at radius 3 is 1.44 bits per heavy atom. The van der Waals surface area contributed by atoms with Gasteiger partial charge in [-0.1, -0.05) is 13.8 Å². The van der Waals surface area contributed by atoms with E-state index in [1.165, 1.54) is 0 Å². The summed E-state index contributed by atoms with van der Waals surface area (Å²) in [5.74, 6) is -3.75. The SMILES string of the molecule is CC(C)CCCNc1c(NCCNC(=O)[C@@H](CN)NC(=O)CN2CCN(CC(=O)O)CCN(CC(=O)O)CCN(CC(=O)O)CC2)c(=O)c1=O. The maximum Gasteiger partial charge on any atom is 0.317 e. The van der Waals surface area contributed by atoms with Crippen LogP contribution in [-0.4, -0.2) is 175 Å². The summed E-state index contributed by atoms with van der Waals surface area (Å²) in [7, 11) is 0. The summed E-state index contributed by atoms with van der Waals surface area (Å²) in [5.41, 5.74) is 4.97. The van der Waals surface area contributed by atoms with E-state index in [0.717, 1.165) is 12.8 Å². The summed E-state index contributed by atoms with van der Waals surface area (Å²) in [6, 6.07) is -1.08. The monoisotopic (exact) mass is 711 g/mol. The van der Waals surface area contributed by atoms with Crippen LogP contribution in [0.5, 0.6) is 0 Å². The van der Waals surface area contributed by atoms with E-state index in [2.05, 4.69) is 35.1 Å². The zero-order valence-electron chi connectivity index (χ0n) is 28.9. The second kappa shape index (κ2) is 21.8. The largest absolute Gasteiger partial charge is 0.480 e. The molecule has 0 unspecified atom stereocenters. The van der Waals surface area contributed by atoms with Crippen LogP contribution < -0.4 is 37.9 Å².